The molecule has 0 radical (unpaired) electrons. The summed E-state index contributed by atoms with van der Waals surface area (Å²) >= 11 is 0. The maximum absolute atomic E-state index is 12.2. The van der Waals surface area contributed by atoms with Crippen LogP contribution in [0, 0.1) is 19.8 Å². The molecule has 0 aliphatic heterocycles. The van der Waals surface area contributed by atoms with E-state index < -0.39 is 0 Å². The second kappa shape index (κ2) is 9.72. The van der Waals surface area contributed by atoms with Gasteiger partial charge in [-0.25, -0.2) is 0 Å². The van der Waals surface area contributed by atoms with Crippen LogP contribution in [0.5, 0.6) is 0 Å². The van der Waals surface area contributed by atoms with Crippen LogP contribution >= 0.6 is 0 Å². The van der Waals surface area contributed by atoms with Gasteiger partial charge in [0, 0.05) is 24.2 Å². The first kappa shape index (κ1) is 19.7. The third-order valence-electron chi connectivity index (χ3n) is 5.91. The molecule has 1 fully saturated rings. The van der Waals surface area contributed by atoms with Gasteiger partial charge < -0.3 is 5.32 Å². The molecule has 3 rings (SSSR count). The highest BCUT2D eigenvalue weighted by Gasteiger charge is 2.15. The molecule has 1 amide bonds. The first-order valence-corrected chi connectivity index (χ1v) is 10.5. The summed E-state index contributed by atoms with van der Waals surface area (Å²) in [5, 5.41) is 7.78. The lowest BCUT2D eigenvalue weighted by atomic mass is 9.86. The van der Waals surface area contributed by atoms with Gasteiger partial charge in [0.15, 0.2) is 0 Å². The molecule has 2 aromatic rings. The van der Waals surface area contributed by atoms with Crippen molar-refractivity contribution in [3.63, 3.8) is 0 Å². The average molecular weight is 368 g/mol. The second-order valence-electron chi connectivity index (χ2n) is 7.97. The molecule has 1 saturated carbocycles. The van der Waals surface area contributed by atoms with E-state index in [1.54, 1.807) is 0 Å². The Morgan fingerprint density at radius 2 is 1.89 bits per heavy atom. The van der Waals surface area contributed by atoms with Crippen LogP contribution in [-0.4, -0.2) is 15.7 Å². The minimum Gasteiger partial charge on any atom is -0.352 e. The summed E-state index contributed by atoms with van der Waals surface area (Å²) < 4.78 is 2.04. The predicted molar refractivity (Wildman–Crippen MR) is 110 cm³/mol. The molecule has 0 bridgehead atoms. The van der Waals surface area contributed by atoms with Crippen molar-refractivity contribution in [2.75, 3.05) is 0 Å². The van der Waals surface area contributed by atoms with E-state index in [2.05, 4.69) is 41.6 Å². The molecule has 146 valence electrons. The standard InChI is InChI=1S/C23H33N3O/c1-18-22(19(2)26(25-18)17-21-12-7-4-8-13-21)16-24-23(27)15-9-14-20-10-5-3-6-11-20/h4,7-8,12-13,20H,3,5-6,9-11,14-17H2,1-2H3,(H,24,27). The minimum absolute atomic E-state index is 0.167. The summed E-state index contributed by atoms with van der Waals surface area (Å²) in [6.07, 6.45) is 9.74. The van der Waals surface area contributed by atoms with Gasteiger partial charge in [0.1, 0.15) is 0 Å². The zero-order valence-corrected chi connectivity index (χ0v) is 16.8. The fourth-order valence-electron chi connectivity index (χ4n) is 4.20. The van der Waals surface area contributed by atoms with Crippen molar-refractivity contribution in [2.45, 2.75) is 78.3 Å². The lowest BCUT2D eigenvalue weighted by Crippen LogP contribution is -2.23. The van der Waals surface area contributed by atoms with Gasteiger partial charge in [0.2, 0.25) is 5.91 Å². The fourth-order valence-corrected chi connectivity index (χ4v) is 4.20. The smallest absolute Gasteiger partial charge is 0.220 e. The Hall–Kier alpha value is -2.10. The highest BCUT2D eigenvalue weighted by Crippen LogP contribution is 2.27. The molecule has 0 unspecified atom stereocenters. The average Bonchev–Trinajstić information content (AvgIpc) is 2.95. The molecule has 4 nitrogen and oxygen atoms in total. The number of carbonyl (C=O) groups is 1. The van der Waals surface area contributed by atoms with Crippen molar-refractivity contribution >= 4 is 5.91 Å². The Labute approximate surface area is 163 Å². The van der Waals surface area contributed by atoms with Crippen molar-refractivity contribution in [3.05, 3.63) is 52.8 Å². The molecule has 0 atom stereocenters. The monoisotopic (exact) mass is 367 g/mol. The van der Waals surface area contributed by atoms with E-state index in [1.807, 2.05) is 17.7 Å². The van der Waals surface area contributed by atoms with Gasteiger partial charge >= 0.3 is 0 Å². The highest BCUT2D eigenvalue weighted by atomic mass is 16.1. The molecule has 1 heterocycles. The highest BCUT2D eigenvalue weighted by molar-refractivity contribution is 5.75. The third-order valence-corrected chi connectivity index (χ3v) is 5.91. The van der Waals surface area contributed by atoms with E-state index in [0.29, 0.717) is 13.0 Å². The molecule has 4 heteroatoms. The van der Waals surface area contributed by atoms with Crippen molar-refractivity contribution in [1.82, 2.24) is 15.1 Å². The summed E-state index contributed by atoms with van der Waals surface area (Å²) in [5.41, 5.74) is 4.53. The van der Waals surface area contributed by atoms with E-state index in [9.17, 15) is 4.79 Å². The largest absolute Gasteiger partial charge is 0.352 e. The van der Waals surface area contributed by atoms with Gasteiger partial charge in [-0.1, -0.05) is 62.4 Å². The number of nitrogens with one attached hydrogen (secondary N) is 1. The van der Waals surface area contributed by atoms with Crippen LogP contribution in [0.15, 0.2) is 30.3 Å². The maximum atomic E-state index is 12.2. The van der Waals surface area contributed by atoms with Gasteiger partial charge in [0.05, 0.1) is 12.2 Å². The van der Waals surface area contributed by atoms with Crippen LogP contribution in [0.3, 0.4) is 0 Å². The zero-order chi connectivity index (χ0) is 19.1. The molecular weight excluding hydrogens is 334 g/mol. The Morgan fingerprint density at radius 3 is 2.63 bits per heavy atom. The predicted octanol–water partition coefficient (Wildman–Crippen LogP) is 4.92. The maximum Gasteiger partial charge on any atom is 0.220 e. The van der Waals surface area contributed by atoms with E-state index in [1.165, 1.54) is 44.1 Å². The number of aryl methyl sites for hydroxylation is 1. The Balaban J connectivity index is 1.46. The number of hydrogen-bond donors (Lipinski definition) is 1. The SMILES string of the molecule is Cc1nn(Cc2ccccc2)c(C)c1CNC(=O)CCCC1CCCCC1. The Bertz CT molecular complexity index is 730. The Morgan fingerprint density at radius 1 is 1.15 bits per heavy atom. The van der Waals surface area contributed by atoms with Gasteiger partial charge in [-0.3, -0.25) is 9.48 Å². The summed E-state index contributed by atoms with van der Waals surface area (Å²) in [5.74, 6) is 1.02. The second-order valence-corrected chi connectivity index (χ2v) is 7.97. The topological polar surface area (TPSA) is 46.9 Å². The minimum atomic E-state index is 0.167. The molecule has 0 saturated heterocycles. The fraction of sp³-hybridized carbons (Fsp3) is 0.565. The van der Waals surface area contributed by atoms with Gasteiger partial charge in [-0.2, -0.15) is 5.10 Å². The lowest BCUT2D eigenvalue weighted by Gasteiger charge is -2.21. The van der Waals surface area contributed by atoms with Crippen LogP contribution in [0.2, 0.25) is 0 Å². The van der Waals surface area contributed by atoms with Crippen molar-refractivity contribution in [3.8, 4) is 0 Å². The number of rotatable bonds is 8. The van der Waals surface area contributed by atoms with Crippen LogP contribution < -0.4 is 5.32 Å². The Kier molecular flexibility index (Phi) is 7.08. The molecule has 1 aliphatic carbocycles. The molecule has 1 N–H and O–H groups in total. The number of amides is 1. The molecule has 1 aromatic carbocycles. The van der Waals surface area contributed by atoms with Crippen molar-refractivity contribution in [1.29, 1.82) is 0 Å². The van der Waals surface area contributed by atoms with Crippen molar-refractivity contribution < 1.29 is 4.79 Å². The summed E-state index contributed by atoms with van der Waals surface area (Å²) in [7, 11) is 0. The summed E-state index contributed by atoms with van der Waals surface area (Å²) in [6.45, 7) is 5.46. The van der Waals surface area contributed by atoms with E-state index in [-0.39, 0.29) is 5.91 Å². The molecule has 1 aliphatic rings. The number of nitrogens with zero attached hydrogens (tertiary/aromatic N) is 2. The number of benzene rings is 1. The van der Waals surface area contributed by atoms with Crippen LogP contribution in [0.25, 0.3) is 0 Å². The van der Waals surface area contributed by atoms with E-state index >= 15 is 0 Å². The van der Waals surface area contributed by atoms with Crippen LogP contribution in [0.1, 0.15) is 73.9 Å². The summed E-state index contributed by atoms with van der Waals surface area (Å²) in [6, 6.07) is 10.4. The number of hydrogen-bond acceptors (Lipinski definition) is 2. The first-order valence-electron chi connectivity index (χ1n) is 10.5. The van der Waals surface area contributed by atoms with Gasteiger partial charge in [-0.15, -0.1) is 0 Å². The molecule has 0 spiro atoms. The quantitative estimate of drug-likeness (QED) is 0.720. The van der Waals surface area contributed by atoms with Gasteiger partial charge in [-0.05, 0) is 38.2 Å². The third kappa shape index (κ3) is 5.69. The zero-order valence-electron chi connectivity index (χ0n) is 16.8. The van der Waals surface area contributed by atoms with E-state index in [4.69, 9.17) is 0 Å². The summed E-state index contributed by atoms with van der Waals surface area (Å²) in [4.78, 5) is 12.2. The van der Waals surface area contributed by atoms with Crippen LogP contribution in [-0.2, 0) is 17.9 Å². The molecule has 27 heavy (non-hydrogen) atoms. The van der Waals surface area contributed by atoms with E-state index in [0.717, 1.165) is 35.8 Å². The molecule has 1 aromatic heterocycles. The normalized spacial score (nSPS) is 15.0. The van der Waals surface area contributed by atoms with Crippen LogP contribution in [0.4, 0.5) is 0 Å². The van der Waals surface area contributed by atoms with Gasteiger partial charge in [0.25, 0.3) is 0 Å². The lowest BCUT2D eigenvalue weighted by molar-refractivity contribution is -0.121. The first-order chi connectivity index (χ1) is 13.1. The van der Waals surface area contributed by atoms with Crippen molar-refractivity contribution in [2.24, 2.45) is 5.92 Å². The number of aromatic nitrogens is 2. The molecular formula is C23H33N3O. The number of carbonyl (C=O) groups excluding carboxylic acids is 1.